The number of nitrogens with one attached hydrogen (secondary N) is 1. The van der Waals surface area contributed by atoms with Gasteiger partial charge in [0.2, 0.25) is 0 Å². The van der Waals surface area contributed by atoms with Gasteiger partial charge in [0.05, 0.1) is 10.7 Å². The summed E-state index contributed by atoms with van der Waals surface area (Å²) in [6.07, 6.45) is 2.98. The summed E-state index contributed by atoms with van der Waals surface area (Å²) in [7, 11) is -3.77. The van der Waals surface area contributed by atoms with Crippen molar-refractivity contribution in [3.05, 3.63) is 47.2 Å². The average Bonchev–Trinajstić information content (AvgIpc) is 2.34. The number of nitrogens with two attached hydrogens (primary N) is 1. The highest BCUT2D eigenvalue weighted by Crippen LogP contribution is 2.28. The van der Waals surface area contributed by atoms with Crippen LogP contribution in [0.3, 0.4) is 0 Å². The number of nitrogens with zero attached hydrogens (tertiary/aromatic N) is 1. The smallest absolute Gasteiger partial charge is 0.263 e. The molecule has 0 aliphatic carbocycles. The molecule has 0 atom stereocenters. The van der Waals surface area contributed by atoms with Crippen molar-refractivity contribution in [2.75, 3.05) is 10.5 Å². The van der Waals surface area contributed by atoms with Gasteiger partial charge in [-0.25, -0.2) is 8.42 Å². The number of halogens is 1. The minimum Gasteiger partial charge on any atom is -0.398 e. The maximum Gasteiger partial charge on any atom is 0.263 e. The molecule has 1 aromatic heterocycles. The number of hydrogen-bond acceptors (Lipinski definition) is 4. The molecule has 7 heteroatoms. The summed E-state index contributed by atoms with van der Waals surface area (Å²) in [6.45, 7) is 1.76. The predicted molar refractivity (Wildman–Crippen MR) is 75.6 cm³/mol. The molecular weight excluding hydrogens is 286 g/mol. The van der Waals surface area contributed by atoms with Gasteiger partial charge in [0.15, 0.2) is 0 Å². The Hall–Kier alpha value is -1.79. The van der Waals surface area contributed by atoms with Crippen LogP contribution in [-0.2, 0) is 10.0 Å². The first-order valence-corrected chi connectivity index (χ1v) is 7.25. The van der Waals surface area contributed by atoms with E-state index in [1.807, 2.05) is 0 Å². The molecule has 0 bridgehead atoms. The lowest BCUT2D eigenvalue weighted by atomic mass is 10.2. The van der Waals surface area contributed by atoms with E-state index in [0.29, 0.717) is 11.4 Å². The van der Waals surface area contributed by atoms with Gasteiger partial charge in [-0.1, -0.05) is 11.6 Å². The lowest BCUT2D eigenvalue weighted by Crippen LogP contribution is -2.14. The molecule has 2 aromatic rings. The minimum atomic E-state index is -3.77. The van der Waals surface area contributed by atoms with Gasteiger partial charge in [-0.2, -0.15) is 0 Å². The summed E-state index contributed by atoms with van der Waals surface area (Å²) in [5.74, 6) is 0. The Kier molecular flexibility index (Phi) is 3.64. The molecule has 0 aliphatic rings. The van der Waals surface area contributed by atoms with Crippen molar-refractivity contribution in [3.8, 4) is 0 Å². The van der Waals surface area contributed by atoms with Crippen LogP contribution in [-0.4, -0.2) is 13.4 Å². The third-order valence-electron chi connectivity index (χ3n) is 2.54. The highest BCUT2D eigenvalue weighted by Gasteiger charge is 2.19. The first kappa shape index (κ1) is 13.6. The quantitative estimate of drug-likeness (QED) is 0.852. The van der Waals surface area contributed by atoms with Gasteiger partial charge in [0.25, 0.3) is 10.0 Å². The Bertz CT molecular complexity index is 702. The van der Waals surface area contributed by atoms with E-state index in [-0.39, 0.29) is 9.92 Å². The predicted octanol–water partition coefficient (Wildman–Crippen LogP) is 2.43. The number of hydrogen-bond donors (Lipinski definition) is 2. The van der Waals surface area contributed by atoms with Crippen LogP contribution in [0.5, 0.6) is 0 Å². The fraction of sp³-hybridized carbons (Fsp3) is 0.0833. The largest absolute Gasteiger partial charge is 0.398 e. The van der Waals surface area contributed by atoms with Crippen molar-refractivity contribution in [2.24, 2.45) is 0 Å². The van der Waals surface area contributed by atoms with Crippen molar-refractivity contribution in [2.45, 2.75) is 11.8 Å². The fourth-order valence-electron chi connectivity index (χ4n) is 1.50. The van der Waals surface area contributed by atoms with E-state index in [0.717, 1.165) is 5.56 Å². The number of aromatic nitrogens is 1. The molecule has 0 saturated heterocycles. The van der Waals surface area contributed by atoms with Crippen molar-refractivity contribution < 1.29 is 8.42 Å². The molecule has 0 radical (unpaired) electrons. The molecular formula is C12H12ClN3O2S. The van der Waals surface area contributed by atoms with Gasteiger partial charge in [-0.15, -0.1) is 0 Å². The Labute approximate surface area is 116 Å². The highest BCUT2D eigenvalue weighted by molar-refractivity contribution is 7.92. The zero-order chi connectivity index (χ0) is 14.0. The lowest BCUT2D eigenvalue weighted by Gasteiger charge is -2.11. The Balaban J connectivity index is 2.43. The van der Waals surface area contributed by atoms with Crippen LogP contribution in [0.2, 0.25) is 5.02 Å². The summed E-state index contributed by atoms with van der Waals surface area (Å²) < 4.78 is 26.8. The lowest BCUT2D eigenvalue weighted by molar-refractivity contribution is 0.601. The maximum absolute atomic E-state index is 12.2. The van der Waals surface area contributed by atoms with Gasteiger partial charge in [0, 0.05) is 18.1 Å². The zero-order valence-corrected chi connectivity index (χ0v) is 11.7. The molecule has 0 unspecified atom stereocenters. The second kappa shape index (κ2) is 5.07. The first-order valence-electron chi connectivity index (χ1n) is 5.38. The average molecular weight is 298 g/mol. The number of pyridine rings is 1. The van der Waals surface area contributed by atoms with Crippen molar-refractivity contribution in [1.29, 1.82) is 0 Å². The van der Waals surface area contributed by atoms with Crippen LogP contribution in [0, 0.1) is 6.92 Å². The molecule has 100 valence electrons. The Morgan fingerprint density at radius 1 is 1.26 bits per heavy atom. The molecule has 19 heavy (non-hydrogen) atoms. The Morgan fingerprint density at radius 2 is 1.89 bits per heavy atom. The van der Waals surface area contributed by atoms with Gasteiger partial charge in [0.1, 0.15) is 4.90 Å². The topological polar surface area (TPSA) is 85.1 Å². The van der Waals surface area contributed by atoms with E-state index in [2.05, 4.69) is 9.71 Å². The summed E-state index contributed by atoms with van der Waals surface area (Å²) >= 11 is 5.97. The van der Waals surface area contributed by atoms with Gasteiger partial charge in [-0.3, -0.25) is 9.71 Å². The molecule has 0 spiro atoms. The molecule has 0 aliphatic heterocycles. The molecule has 1 heterocycles. The van der Waals surface area contributed by atoms with Crippen LogP contribution in [0.1, 0.15) is 5.56 Å². The third kappa shape index (κ3) is 2.97. The molecule has 3 N–H and O–H groups in total. The highest BCUT2D eigenvalue weighted by atomic mass is 35.5. The van der Waals surface area contributed by atoms with Crippen LogP contribution in [0.25, 0.3) is 0 Å². The molecule has 0 saturated carbocycles. The Morgan fingerprint density at radius 3 is 2.53 bits per heavy atom. The monoisotopic (exact) mass is 297 g/mol. The summed E-state index contributed by atoms with van der Waals surface area (Å²) in [4.78, 5) is 3.76. The third-order valence-corrected chi connectivity index (χ3v) is 4.39. The zero-order valence-electron chi connectivity index (χ0n) is 10.1. The maximum atomic E-state index is 12.2. The molecule has 0 amide bonds. The van der Waals surface area contributed by atoms with Crippen molar-refractivity contribution in [3.63, 3.8) is 0 Å². The number of benzene rings is 1. The normalized spacial score (nSPS) is 11.3. The van der Waals surface area contributed by atoms with Crippen LogP contribution >= 0.6 is 11.6 Å². The molecule has 1 aromatic carbocycles. The number of anilines is 2. The van der Waals surface area contributed by atoms with E-state index in [9.17, 15) is 8.42 Å². The SMILES string of the molecule is Cc1cc(Cl)c(S(=O)(=O)Nc2ccncc2)cc1N. The number of sulfonamides is 1. The molecule has 2 rings (SSSR count). The van der Waals surface area contributed by atoms with E-state index >= 15 is 0 Å². The summed E-state index contributed by atoms with van der Waals surface area (Å²) in [5.41, 5.74) is 7.23. The fourth-order valence-corrected chi connectivity index (χ4v) is 3.18. The second-order valence-electron chi connectivity index (χ2n) is 3.98. The summed E-state index contributed by atoms with van der Waals surface area (Å²) in [6, 6.07) is 5.96. The second-order valence-corrected chi connectivity index (χ2v) is 6.04. The minimum absolute atomic E-state index is 0.0471. The van der Waals surface area contributed by atoms with Crippen LogP contribution in [0.15, 0.2) is 41.6 Å². The van der Waals surface area contributed by atoms with Crippen LogP contribution in [0.4, 0.5) is 11.4 Å². The number of nitrogen functional groups attached to an aromatic ring is 1. The van der Waals surface area contributed by atoms with Gasteiger partial charge >= 0.3 is 0 Å². The van der Waals surface area contributed by atoms with E-state index in [1.54, 1.807) is 19.1 Å². The number of aryl methyl sites for hydroxylation is 1. The standard InChI is InChI=1S/C12H12ClN3O2S/c1-8-6-10(13)12(7-11(8)14)19(17,18)16-9-2-4-15-5-3-9/h2-7H,14H2,1H3,(H,15,16). The van der Waals surface area contributed by atoms with E-state index < -0.39 is 10.0 Å². The van der Waals surface area contributed by atoms with E-state index in [1.165, 1.54) is 24.5 Å². The first-order chi connectivity index (χ1) is 8.90. The van der Waals surface area contributed by atoms with E-state index in [4.69, 9.17) is 17.3 Å². The molecule has 5 nitrogen and oxygen atoms in total. The van der Waals surface area contributed by atoms with Gasteiger partial charge in [-0.05, 0) is 36.8 Å². The van der Waals surface area contributed by atoms with Crippen molar-refractivity contribution in [1.82, 2.24) is 4.98 Å². The molecule has 0 fully saturated rings. The number of rotatable bonds is 3. The van der Waals surface area contributed by atoms with Crippen molar-refractivity contribution >= 4 is 33.0 Å². The summed E-state index contributed by atoms with van der Waals surface area (Å²) in [5, 5.41) is 0.133. The van der Waals surface area contributed by atoms with Gasteiger partial charge < -0.3 is 5.73 Å². The van der Waals surface area contributed by atoms with Crippen LogP contribution < -0.4 is 10.5 Å².